The van der Waals surface area contributed by atoms with Crippen LogP contribution in [0.15, 0.2) is 12.2 Å². The Hall–Kier alpha value is -0.910. The average molecular weight is 834 g/mol. The molecule has 4 N–H and O–H groups in total. The number of amides is 1. The van der Waals surface area contributed by atoms with E-state index in [2.05, 4.69) is 31.3 Å². The van der Waals surface area contributed by atoms with Crippen LogP contribution in [0.4, 0.5) is 0 Å². The highest BCUT2D eigenvalue weighted by Crippen LogP contribution is 2.18. The molecule has 0 rings (SSSR count). The summed E-state index contributed by atoms with van der Waals surface area (Å²) in [6.07, 6.45) is 61.0. The third kappa shape index (κ3) is 44.9. The number of nitrogens with one attached hydrogen (secondary N) is 1. The van der Waals surface area contributed by atoms with Crippen LogP contribution in [0.1, 0.15) is 303 Å². The molecule has 0 radical (unpaired) electrons. The van der Waals surface area contributed by atoms with Crippen molar-refractivity contribution in [1.29, 1.82) is 0 Å². The van der Waals surface area contributed by atoms with Gasteiger partial charge in [-0.15, -0.1) is 0 Å². The zero-order valence-corrected chi connectivity index (χ0v) is 40.2. The maximum Gasteiger partial charge on any atom is 0.249 e. The van der Waals surface area contributed by atoms with Crippen LogP contribution >= 0.6 is 0 Å². The molecule has 0 aromatic carbocycles. The first kappa shape index (κ1) is 58.1. The van der Waals surface area contributed by atoms with Gasteiger partial charge < -0.3 is 20.6 Å². The summed E-state index contributed by atoms with van der Waals surface area (Å²) in [4.78, 5) is 12.6. The van der Waals surface area contributed by atoms with Gasteiger partial charge in [0, 0.05) is 0 Å². The molecule has 5 nitrogen and oxygen atoms in total. The van der Waals surface area contributed by atoms with Crippen molar-refractivity contribution in [2.45, 2.75) is 321 Å². The predicted octanol–water partition coefficient (Wildman–Crippen LogP) is 16.3. The first-order chi connectivity index (χ1) is 29.1. The molecule has 0 saturated heterocycles. The Morgan fingerprint density at radius 2 is 0.644 bits per heavy atom. The van der Waals surface area contributed by atoms with E-state index in [4.69, 9.17) is 0 Å². The summed E-state index contributed by atoms with van der Waals surface area (Å²) in [6, 6.07) is -0.710. The number of aliphatic hydroxyl groups is 3. The van der Waals surface area contributed by atoms with Crippen molar-refractivity contribution >= 4 is 5.91 Å². The highest BCUT2D eigenvalue weighted by atomic mass is 16.3. The molecule has 0 aromatic rings. The second-order valence-corrected chi connectivity index (χ2v) is 18.8. The van der Waals surface area contributed by atoms with Gasteiger partial charge in [0.2, 0.25) is 5.91 Å². The van der Waals surface area contributed by atoms with E-state index in [1.807, 2.05) is 0 Å². The van der Waals surface area contributed by atoms with Crippen LogP contribution in [0, 0.1) is 0 Å². The molecule has 0 aliphatic rings. The van der Waals surface area contributed by atoms with Crippen molar-refractivity contribution in [1.82, 2.24) is 5.32 Å². The normalized spacial score (nSPS) is 13.4. The van der Waals surface area contributed by atoms with E-state index in [1.54, 1.807) is 0 Å². The van der Waals surface area contributed by atoms with E-state index >= 15 is 0 Å². The Morgan fingerprint density at radius 3 is 0.932 bits per heavy atom. The van der Waals surface area contributed by atoms with E-state index in [0.717, 1.165) is 32.1 Å². The van der Waals surface area contributed by atoms with Gasteiger partial charge in [-0.2, -0.15) is 0 Å². The Kier molecular flexibility index (Phi) is 49.0. The Bertz CT molecular complexity index is 833. The SMILES string of the molecule is CCCCCCCCCCCCCC/C=C\CCCCCCCCCCCCCC(O)C(=O)NC(CO)C(O)CCCCCCCCCCCCCCCCCCCC. The lowest BCUT2D eigenvalue weighted by atomic mass is 10.0. The number of carbonyl (C=O) groups excluding carboxylic acids is 1. The third-order valence-electron chi connectivity index (χ3n) is 12.9. The molecule has 1 amide bonds. The molecule has 0 saturated carbocycles. The molecule has 3 atom stereocenters. The Labute approximate surface area is 369 Å². The Balaban J connectivity index is 3.52. The van der Waals surface area contributed by atoms with Gasteiger partial charge in [0.1, 0.15) is 6.10 Å². The standard InChI is InChI=1S/C54H107NO4/c1-3-5-7-9-11-13-15-17-19-21-23-24-25-26-27-28-29-30-31-33-35-37-39-41-43-45-47-49-53(58)54(59)55-51(50-56)52(57)48-46-44-42-40-38-36-34-32-22-20-18-16-14-12-10-8-6-4-2/h26-27,51-53,56-58H,3-25,28-50H2,1-2H3,(H,55,59)/b27-26-. The molecule has 0 spiro atoms. The molecule has 352 valence electrons. The molecule has 59 heavy (non-hydrogen) atoms. The number of rotatable bonds is 50. The van der Waals surface area contributed by atoms with E-state index in [9.17, 15) is 20.1 Å². The fraction of sp³-hybridized carbons (Fsp3) is 0.944. The second-order valence-electron chi connectivity index (χ2n) is 18.8. The largest absolute Gasteiger partial charge is 0.394 e. The highest BCUT2D eigenvalue weighted by molar-refractivity contribution is 5.80. The summed E-state index contributed by atoms with van der Waals surface area (Å²) < 4.78 is 0. The fourth-order valence-corrected chi connectivity index (χ4v) is 8.66. The third-order valence-corrected chi connectivity index (χ3v) is 12.9. The molecular formula is C54H107NO4. The van der Waals surface area contributed by atoms with Crippen LogP contribution in [-0.2, 0) is 4.79 Å². The summed E-state index contributed by atoms with van der Waals surface area (Å²) >= 11 is 0. The van der Waals surface area contributed by atoms with Crippen LogP contribution in [0.25, 0.3) is 0 Å². The number of allylic oxidation sites excluding steroid dienone is 2. The average Bonchev–Trinajstić information content (AvgIpc) is 3.24. The van der Waals surface area contributed by atoms with Gasteiger partial charge in [-0.1, -0.05) is 276 Å². The van der Waals surface area contributed by atoms with Crippen LogP contribution < -0.4 is 5.32 Å². The fourth-order valence-electron chi connectivity index (χ4n) is 8.66. The molecule has 0 aromatic heterocycles. The topological polar surface area (TPSA) is 89.8 Å². The molecule has 0 heterocycles. The number of aliphatic hydroxyl groups excluding tert-OH is 3. The summed E-state index contributed by atoms with van der Waals surface area (Å²) in [5.74, 6) is -0.466. The summed E-state index contributed by atoms with van der Waals surface area (Å²) in [6.45, 7) is 4.27. The van der Waals surface area contributed by atoms with Crippen LogP contribution in [0.3, 0.4) is 0 Å². The van der Waals surface area contributed by atoms with Gasteiger partial charge >= 0.3 is 0 Å². The lowest BCUT2D eigenvalue weighted by Gasteiger charge is -2.23. The monoisotopic (exact) mass is 834 g/mol. The van der Waals surface area contributed by atoms with Gasteiger partial charge in [0.15, 0.2) is 0 Å². The van der Waals surface area contributed by atoms with E-state index in [-0.39, 0.29) is 6.61 Å². The smallest absolute Gasteiger partial charge is 0.249 e. The van der Waals surface area contributed by atoms with Crippen molar-refractivity contribution in [2.24, 2.45) is 0 Å². The maximum absolute atomic E-state index is 12.6. The molecule has 5 heteroatoms. The molecule has 3 unspecified atom stereocenters. The lowest BCUT2D eigenvalue weighted by molar-refractivity contribution is -0.131. The van der Waals surface area contributed by atoms with Crippen molar-refractivity contribution in [3.63, 3.8) is 0 Å². The van der Waals surface area contributed by atoms with Crippen LogP contribution in [0.5, 0.6) is 0 Å². The number of hydrogen-bond donors (Lipinski definition) is 4. The predicted molar refractivity (Wildman–Crippen MR) is 259 cm³/mol. The first-order valence-electron chi connectivity index (χ1n) is 27.0. The summed E-state index contributed by atoms with van der Waals surface area (Å²) in [7, 11) is 0. The minimum atomic E-state index is -1.07. The second kappa shape index (κ2) is 49.7. The zero-order chi connectivity index (χ0) is 43.0. The first-order valence-corrected chi connectivity index (χ1v) is 27.0. The van der Waals surface area contributed by atoms with Gasteiger partial charge in [0.05, 0.1) is 18.8 Å². The quantitative estimate of drug-likeness (QED) is 0.0363. The molecule has 0 aliphatic heterocycles. The van der Waals surface area contributed by atoms with Crippen molar-refractivity contribution in [3.8, 4) is 0 Å². The maximum atomic E-state index is 12.6. The van der Waals surface area contributed by atoms with Gasteiger partial charge in [-0.3, -0.25) is 4.79 Å². The number of hydrogen-bond acceptors (Lipinski definition) is 4. The molecular weight excluding hydrogens is 727 g/mol. The Morgan fingerprint density at radius 1 is 0.390 bits per heavy atom. The highest BCUT2D eigenvalue weighted by Gasteiger charge is 2.23. The van der Waals surface area contributed by atoms with E-state index in [0.29, 0.717) is 12.8 Å². The van der Waals surface area contributed by atoms with Crippen molar-refractivity contribution < 1.29 is 20.1 Å². The van der Waals surface area contributed by atoms with Crippen molar-refractivity contribution in [2.75, 3.05) is 6.61 Å². The minimum absolute atomic E-state index is 0.310. The lowest BCUT2D eigenvalue weighted by Crippen LogP contribution is -2.49. The van der Waals surface area contributed by atoms with Gasteiger partial charge in [-0.25, -0.2) is 0 Å². The summed E-state index contributed by atoms with van der Waals surface area (Å²) in [5.41, 5.74) is 0. The van der Waals surface area contributed by atoms with Crippen LogP contribution in [0.2, 0.25) is 0 Å². The minimum Gasteiger partial charge on any atom is -0.394 e. The van der Waals surface area contributed by atoms with Crippen molar-refractivity contribution in [3.05, 3.63) is 12.2 Å². The number of unbranched alkanes of at least 4 members (excludes halogenated alkanes) is 40. The van der Waals surface area contributed by atoms with Crippen LogP contribution in [-0.4, -0.2) is 46.1 Å². The zero-order valence-electron chi connectivity index (χ0n) is 40.2. The van der Waals surface area contributed by atoms with E-state index in [1.165, 1.54) is 244 Å². The molecule has 0 bridgehead atoms. The van der Waals surface area contributed by atoms with E-state index < -0.39 is 24.2 Å². The molecule has 0 fully saturated rings. The molecule has 0 aliphatic carbocycles. The van der Waals surface area contributed by atoms with Gasteiger partial charge in [-0.05, 0) is 38.5 Å². The summed E-state index contributed by atoms with van der Waals surface area (Å²) in [5, 5.41) is 33.5. The van der Waals surface area contributed by atoms with Gasteiger partial charge in [0.25, 0.3) is 0 Å². The number of carbonyl (C=O) groups is 1.